The zero-order chi connectivity index (χ0) is 18.1. The second-order valence-corrected chi connectivity index (χ2v) is 10.5. The number of nitrogens with zero attached hydrogens (tertiary/aromatic N) is 2. The summed E-state index contributed by atoms with van der Waals surface area (Å²) in [6.45, 7) is -0.262. The molecular formula is C13H13ClN4O4S3. The smallest absolute Gasteiger partial charge is 0.250 e. The second-order valence-electron chi connectivity index (χ2n) is 4.99. The number of aromatic nitrogens is 2. The molecule has 134 valence electrons. The Labute approximate surface area is 153 Å². The molecule has 3 aromatic heterocycles. The van der Waals surface area contributed by atoms with Crippen LogP contribution in [0, 0.1) is 0 Å². The summed E-state index contributed by atoms with van der Waals surface area (Å²) in [6, 6.07) is 7.75. The molecule has 0 saturated carbocycles. The molecule has 0 fully saturated rings. The molecule has 0 radical (unpaired) electrons. The summed E-state index contributed by atoms with van der Waals surface area (Å²) < 4.78 is 54.9. The van der Waals surface area contributed by atoms with E-state index in [1.807, 2.05) is 0 Å². The van der Waals surface area contributed by atoms with Crippen LogP contribution in [0.4, 0.5) is 5.69 Å². The number of pyridine rings is 1. The summed E-state index contributed by atoms with van der Waals surface area (Å²) in [7, 11) is -7.49. The maximum Gasteiger partial charge on any atom is 0.250 e. The van der Waals surface area contributed by atoms with Crippen LogP contribution in [0.2, 0.25) is 4.34 Å². The first-order valence-corrected chi connectivity index (χ1v) is 11.3. The Morgan fingerprint density at radius 1 is 1.16 bits per heavy atom. The van der Waals surface area contributed by atoms with Gasteiger partial charge in [0.2, 0.25) is 20.0 Å². The van der Waals surface area contributed by atoms with Crippen LogP contribution in [-0.2, 0) is 20.0 Å². The van der Waals surface area contributed by atoms with E-state index in [2.05, 4.69) is 14.5 Å². The van der Waals surface area contributed by atoms with Crippen molar-refractivity contribution in [3.8, 4) is 0 Å². The third-order valence-electron chi connectivity index (χ3n) is 3.15. The van der Waals surface area contributed by atoms with Gasteiger partial charge in [0.15, 0.2) is 0 Å². The molecular weight excluding hydrogens is 408 g/mol. The van der Waals surface area contributed by atoms with Crippen molar-refractivity contribution in [3.05, 3.63) is 47.1 Å². The fourth-order valence-electron chi connectivity index (χ4n) is 2.04. The van der Waals surface area contributed by atoms with Crippen molar-refractivity contribution >= 4 is 54.2 Å². The first kappa shape index (κ1) is 18.1. The van der Waals surface area contributed by atoms with E-state index < -0.39 is 25.8 Å². The maximum atomic E-state index is 12.1. The molecule has 0 bridgehead atoms. The lowest BCUT2D eigenvalue weighted by atomic mass is 10.4. The highest BCUT2D eigenvalue weighted by molar-refractivity contribution is 7.93. The number of fused-ring (bicyclic) bond motifs is 1. The molecule has 0 atom stereocenters. The van der Waals surface area contributed by atoms with Crippen LogP contribution < -0.4 is 9.44 Å². The third-order valence-corrected chi connectivity index (χ3v) is 7.62. The van der Waals surface area contributed by atoms with E-state index in [0.29, 0.717) is 10.0 Å². The monoisotopic (exact) mass is 420 g/mol. The molecule has 3 aromatic rings. The minimum atomic E-state index is -3.78. The Hall–Kier alpha value is -1.66. The fraction of sp³-hybridized carbons (Fsp3) is 0.154. The Bertz CT molecular complexity index is 1110. The molecule has 0 aliphatic heterocycles. The predicted octanol–water partition coefficient (Wildman–Crippen LogP) is 1.77. The molecule has 0 spiro atoms. The summed E-state index contributed by atoms with van der Waals surface area (Å²) in [5.41, 5.74) is 1.11. The third kappa shape index (κ3) is 4.50. The van der Waals surface area contributed by atoms with E-state index in [9.17, 15) is 16.8 Å². The molecule has 8 nitrogen and oxygen atoms in total. The van der Waals surface area contributed by atoms with Gasteiger partial charge in [-0.1, -0.05) is 11.6 Å². The second kappa shape index (κ2) is 6.92. The molecule has 3 heterocycles. The number of nitrogens with one attached hydrogen (secondary N) is 2. The normalized spacial score (nSPS) is 12.5. The number of hydrogen-bond donors (Lipinski definition) is 2. The standard InChI is InChI=1S/C13H13ClN4O4S3/c14-12-1-2-13(23-12)25(21,22)16-6-8-24(19,20)17-10-4-7-18-11(9-10)3-5-15-18/h1-5,7,9,16-17H,6,8H2. The van der Waals surface area contributed by atoms with Crippen molar-refractivity contribution in [1.29, 1.82) is 0 Å². The van der Waals surface area contributed by atoms with Gasteiger partial charge >= 0.3 is 0 Å². The van der Waals surface area contributed by atoms with Crippen LogP contribution in [-0.4, -0.2) is 38.7 Å². The summed E-state index contributed by atoms with van der Waals surface area (Å²) in [5.74, 6) is -0.407. The lowest BCUT2D eigenvalue weighted by Crippen LogP contribution is -2.30. The molecule has 0 aliphatic carbocycles. The van der Waals surface area contributed by atoms with Crippen molar-refractivity contribution in [2.75, 3.05) is 17.0 Å². The van der Waals surface area contributed by atoms with Gasteiger partial charge < -0.3 is 0 Å². The summed E-state index contributed by atoms with van der Waals surface area (Å²) in [6.07, 6.45) is 3.22. The molecule has 12 heteroatoms. The summed E-state index contributed by atoms with van der Waals surface area (Å²) in [4.78, 5) is 0. The van der Waals surface area contributed by atoms with Gasteiger partial charge in [0.1, 0.15) is 4.21 Å². The van der Waals surface area contributed by atoms with Crippen LogP contribution >= 0.6 is 22.9 Å². The van der Waals surface area contributed by atoms with Gasteiger partial charge in [-0.3, -0.25) is 4.72 Å². The molecule has 0 aliphatic rings. The van der Waals surface area contributed by atoms with Crippen molar-refractivity contribution < 1.29 is 16.8 Å². The highest BCUT2D eigenvalue weighted by Crippen LogP contribution is 2.25. The number of anilines is 1. The van der Waals surface area contributed by atoms with E-state index in [-0.39, 0.29) is 10.8 Å². The van der Waals surface area contributed by atoms with Crippen molar-refractivity contribution in [3.63, 3.8) is 0 Å². The van der Waals surface area contributed by atoms with Crippen LogP contribution in [0.1, 0.15) is 0 Å². The Kier molecular flexibility index (Phi) is 5.02. The van der Waals surface area contributed by atoms with Gasteiger partial charge in [-0.15, -0.1) is 11.3 Å². The van der Waals surface area contributed by atoms with Crippen LogP contribution in [0.3, 0.4) is 0 Å². The van der Waals surface area contributed by atoms with E-state index in [1.165, 1.54) is 12.1 Å². The van der Waals surface area contributed by atoms with E-state index in [4.69, 9.17) is 11.6 Å². The first-order chi connectivity index (χ1) is 11.8. The first-order valence-electron chi connectivity index (χ1n) is 6.94. The lowest BCUT2D eigenvalue weighted by Gasteiger charge is -2.09. The highest BCUT2D eigenvalue weighted by Gasteiger charge is 2.18. The van der Waals surface area contributed by atoms with Gasteiger partial charge in [0, 0.05) is 18.9 Å². The predicted molar refractivity (Wildman–Crippen MR) is 97.1 cm³/mol. The average molecular weight is 421 g/mol. The van der Waals surface area contributed by atoms with Gasteiger partial charge in [0.25, 0.3) is 0 Å². The zero-order valence-electron chi connectivity index (χ0n) is 12.6. The number of thiophene rings is 1. The molecule has 3 rings (SSSR count). The Morgan fingerprint density at radius 2 is 1.96 bits per heavy atom. The largest absolute Gasteiger partial charge is 0.283 e. The van der Waals surface area contributed by atoms with E-state index >= 15 is 0 Å². The zero-order valence-corrected chi connectivity index (χ0v) is 15.8. The molecule has 0 unspecified atom stereocenters. The molecule has 25 heavy (non-hydrogen) atoms. The van der Waals surface area contributed by atoms with Gasteiger partial charge in [-0.05, 0) is 30.3 Å². The Balaban J connectivity index is 1.61. The van der Waals surface area contributed by atoms with Gasteiger partial charge in [-0.25, -0.2) is 26.1 Å². The van der Waals surface area contributed by atoms with Crippen molar-refractivity contribution in [2.45, 2.75) is 4.21 Å². The van der Waals surface area contributed by atoms with Crippen molar-refractivity contribution in [2.24, 2.45) is 0 Å². The maximum absolute atomic E-state index is 12.1. The topological polar surface area (TPSA) is 110 Å². The number of rotatable bonds is 7. The summed E-state index contributed by atoms with van der Waals surface area (Å²) >= 11 is 6.61. The highest BCUT2D eigenvalue weighted by atomic mass is 35.5. The molecule has 0 amide bonds. The fourth-order valence-corrected chi connectivity index (χ4v) is 5.69. The average Bonchev–Trinajstić information content (AvgIpc) is 3.14. The number of hydrogen-bond acceptors (Lipinski definition) is 6. The van der Waals surface area contributed by atoms with Crippen LogP contribution in [0.5, 0.6) is 0 Å². The van der Waals surface area contributed by atoms with Gasteiger partial charge in [0.05, 0.1) is 21.3 Å². The molecule has 0 aromatic carbocycles. The molecule has 0 saturated heterocycles. The van der Waals surface area contributed by atoms with Crippen molar-refractivity contribution in [1.82, 2.24) is 14.3 Å². The minimum Gasteiger partial charge on any atom is -0.283 e. The number of sulfonamides is 2. The summed E-state index contributed by atoms with van der Waals surface area (Å²) in [5, 5.41) is 4.02. The van der Waals surface area contributed by atoms with E-state index in [0.717, 1.165) is 16.9 Å². The lowest BCUT2D eigenvalue weighted by molar-refractivity contribution is 0.584. The van der Waals surface area contributed by atoms with Crippen LogP contribution in [0.25, 0.3) is 5.52 Å². The van der Waals surface area contributed by atoms with Gasteiger partial charge in [-0.2, -0.15) is 5.10 Å². The molecule has 2 N–H and O–H groups in total. The van der Waals surface area contributed by atoms with Crippen LogP contribution in [0.15, 0.2) is 46.9 Å². The van der Waals surface area contributed by atoms with E-state index in [1.54, 1.807) is 35.1 Å². The minimum absolute atomic E-state index is 0.0361. The SMILES string of the molecule is O=S(=O)(CCNS(=O)(=O)c1ccc(Cl)s1)Nc1ccn2nccc2c1. The quantitative estimate of drug-likeness (QED) is 0.605. The number of halogens is 1. The Morgan fingerprint density at radius 3 is 2.68 bits per heavy atom.